The van der Waals surface area contributed by atoms with Crippen molar-refractivity contribution in [3.8, 4) is 0 Å². The maximum absolute atomic E-state index is 12.3. The van der Waals surface area contributed by atoms with Crippen molar-refractivity contribution >= 4 is 29.7 Å². The summed E-state index contributed by atoms with van der Waals surface area (Å²) in [6.45, 7) is 0. The standard InChI is InChI=1S/C13H23ClN4O3/c1-17(2)11(16-13(20)21-4)18(3)12(19)15-10-8-6-5-7-9(10)14/h9-10H,5-8H2,1-4H3,(H,15,19). The van der Waals surface area contributed by atoms with Gasteiger partial charge in [-0.1, -0.05) is 12.8 Å². The fourth-order valence-corrected chi connectivity index (χ4v) is 2.54. The molecule has 0 aromatic heterocycles. The molecule has 0 heterocycles. The molecule has 0 saturated heterocycles. The van der Waals surface area contributed by atoms with Gasteiger partial charge < -0.3 is 15.0 Å². The van der Waals surface area contributed by atoms with Crippen molar-refractivity contribution in [3.05, 3.63) is 0 Å². The minimum absolute atomic E-state index is 0.0584. The van der Waals surface area contributed by atoms with Gasteiger partial charge in [0.2, 0.25) is 5.96 Å². The van der Waals surface area contributed by atoms with E-state index in [0.29, 0.717) is 0 Å². The highest BCUT2D eigenvalue weighted by atomic mass is 35.5. The van der Waals surface area contributed by atoms with Gasteiger partial charge in [0.1, 0.15) is 0 Å². The number of carbonyl (C=O) groups is 2. The summed E-state index contributed by atoms with van der Waals surface area (Å²) in [5.41, 5.74) is 0. The molecule has 7 nitrogen and oxygen atoms in total. The molecular weight excluding hydrogens is 296 g/mol. The summed E-state index contributed by atoms with van der Waals surface area (Å²) < 4.78 is 4.50. The Hall–Kier alpha value is -1.50. The van der Waals surface area contributed by atoms with Gasteiger partial charge in [-0.3, -0.25) is 4.90 Å². The van der Waals surface area contributed by atoms with E-state index in [1.807, 2.05) is 0 Å². The van der Waals surface area contributed by atoms with Crippen molar-refractivity contribution < 1.29 is 14.3 Å². The van der Waals surface area contributed by atoms with Gasteiger partial charge in [0, 0.05) is 27.2 Å². The summed E-state index contributed by atoms with van der Waals surface area (Å²) in [5, 5.41) is 2.83. The zero-order valence-electron chi connectivity index (χ0n) is 12.9. The number of nitrogens with one attached hydrogen (secondary N) is 1. The molecule has 21 heavy (non-hydrogen) atoms. The Morgan fingerprint density at radius 2 is 1.86 bits per heavy atom. The lowest BCUT2D eigenvalue weighted by Crippen LogP contribution is -2.52. The van der Waals surface area contributed by atoms with E-state index >= 15 is 0 Å². The van der Waals surface area contributed by atoms with Crippen LogP contribution in [0.4, 0.5) is 9.59 Å². The van der Waals surface area contributed by atoms with E-state index in [9.17, 15) is 9.59 Å². The maximum atomic E-state index is 12.3. The highest BCUT2D eigenvalue weighted by Crippen LogP contribution is 2.23. The van der Waals surface area contributed by atoms with E-state index in [-0.39, 0.29) is 23.4 Å². The minimum Gasteiger partial charge on any atom is -0.451 e. The van der Waals surface area contributed by atoms with Crippen LogP contribution >= 0.6 is 11.6 Å². The van der Waals surface area contributed by atoms with Crippen molar-refractivity contribution in [2.24, 2.45) is 4.99 Å². The van der Waals surface area contributed by atoms with Crippen LogP contribution in [0.5, 0.6) is 0 Å². The first-order valence-corrected chi connectivity index (χ1v) is 7.32. The van der Waals surface area contributed by atoms with Gasteiger partial charge in [-0.05, 0) is 12.8 Å². The number of urea groups is 1. The van der Waals surface area contributed by atoms with Crippen molar-refractivity contribution in [3.63, 3.8) is 0 Å². The Bertz CT molecular complexity index is 414. The topological polar surface area (TPSA) is 74.2 Å². The van der Waals surface area contributed by atoms with Crippen LogP contribution in [0.2, 0.25) is 0 Å². The Morgan fingerprint density at radius 1 is 1.24 bits per heavy atom. The molecule has 0 bridgehead atoms. The molecule has 0 aromatic rings. The third-order valence-electron chi connectivity index (χ3n) is 3.36. The number of carbonyl (C=O) groups excluding carboxylic acids is 2. The summed E-state index contributed by atoms with van der Waals surface area (Å²) in [6, 6.07) is -0.402. The largest absolute Gasteiger partial charge is 0.451 e. The third-order valence-corrected chi connectivity index (χ3v) is 3.88. The highest BCUT2D eigenvalue weighted by Gasteiger charge is 2.27. The molecule has 3 amide bonds. The zero-order chi connectivity index (χ0) is 16.0. The molecule has 0 aromatic carbocycles. The Morgan fingerprint density at radius 3 is 2.38 bits per heavy atom. The molecule has 8 heteroatoms. The van der Waals surface area contributed by atoms with E-state index in [1.54, 1.807) is 26.0 Å². The highest BCUT2D eigenvalue weighted by molar-refractivity contribution is 6.21. The molecule has 1 N–H and O–H groups in total. The molecule has 1 rings (SSSR count). The molecule has 0 spiro atoms. The summed E-state index contributed by atoms with van der Waals surface area (Å²) in [5.74, 6) is 0.196. The van der Waals surface area contributed by atoms with Crippen LogP contribution < -0.4 is 5.32 Å². The molecule has 1 aliphatic rings. The van der Waals surface area contributed by atoms with E-state index in [1.165, 1.54) is 12.0 Å². The molecule has 0 aliphatic heterocycles. The smallest absolute Gasteiger partial charge is 0.436 e. The van der Waals surface area contributed by atoms with E-state index < -0.39 is 6.09 Å². The molecule has 0 radical (unpaired) electrons. The van der Waals surface area contributed by atoms with Gasteiger partial charge in [0.15, 0.2) is 0 Å². The number of hydrogen-bond acceptors (Lipinski definition) is 3. The third kappa shape index (κ3) is 5.08. The number of alkyl halides is 1. The van der Waals surface area contributed by atoms with Crippen molar-refractivity contribution in [2.45, 2.75) is 37.1 Å². The number of methoxy groups -OCH3 is 1. The lowest BCUT2D eigenvalue weighted by Gasteiger charge is -2.31. The molecule has 120 valence electrons. The quantitative estimate of drug-likeness (QED) is 0.455. The van der Waals surface area contributed by atoms with Gasteiger partial charge >= 0.3 is 12.1 Å². The predicted molar refractivity (Wildman–Crippen MR) is 81.7 cm³/mol. The lowest BCUT2D eigenvalue weighted by molar-refractivity contribution is 0.181. The van der Waals surface area contributed by atoms with Gasteiger partial charge in [0.25, 0.3) is 0 Å². The fourth-order valence-electron chi connectivity index (χ4n) is 2.20. The maximum Gasteiger partial charge on any atom is 0.436 e. The van der Waals surface area contributed by atoms with E-state index in [0.717, 1.165) is 25.7 Å². The first-order valence-electron chi connectivity index (χ1n) is 6.89. The average molecular weight is 319 g/mol. The van der Waals surface area contributed by atoms with Crippen LogP contribution in [-0.2, 0) is 4.74 Å². The molecule has 1 aliphatic carbocycles. The Kier molecular flexibility index (Phi) is 6.74. The molecule has 2 atom stereocenters. The summed E-state index contributed by atoms with van der Waals surface area (Å²) in [6.07, 6.45) is 3.13. The number of rotatable bonds is 1. The average Bonchev–Trinajstić information content (AvgIpc) is 2.45. The molecule has 1 saturated carbocycles. The first-order chi connectivity index (χ1) is 9.86. The first kappa shape index (κ1) is 17.6. The fraction of sp³-hybridized carbons (Fsp3) is 0.769. The zero-order valence-corrected chi connectivity index (χ0v) is 13.7. The number of hydrogen-bond donors (Lipinski definition) is 1. The van der Waals surface area contributed by atoms with Crippen molar-refractivity contribution in [1.29, 1.82) is 0 Å². The number of nitrogens with zero attached hydrogens (tertiary/aromatic N) is 3. The predicted octanol–water partition coefficient (Wildman–Crippen LogP) is 1.86. The molecule has 2 unspecified atom stereocenters. The van der Waals surface area contributed by atoms with Gasteiger partial charge in [-0.15, -0.1) is 16.6 Å². The number of halogens is 1. The normalized spacial score (nSPS) is 22.4. The van der Waals surface area contributed by atoms with E-state index in [2.05, 4.69) is 15.0 Å². The SMILES string of the molecule is COC(=O)N=C(N(C)C)N(C)C(=O)NC1CCCCC1Cl. The number of ether oxygens (including phenoxy) is 1. The molecule has 1 fully saturated rings. The van der Waals surface area contributed by atoms with Gasteiger partial charge in [-0.25, -0.2) is 9.59 Å². The number of amides is 3. The Balaban J connectivity index is 2.74. The van der Waals surface area contributed by atoms with Crippen molar-refractivity contribution in [2.75, 3.05) is 28.3 Å². The van der Waals surface area contributed by atoms with Crippen LogP contribution in [0, 0.1) is 0 Å². The summed E-state index contributed by atoms with van der Waals surface area (Å²) in [7, 11) is 6.16. The second-order valence-electron chi connectivity index (χ2n) is 5.19. The Labute approximate surface area is 130 Å². The van der Waals surface area contributed by atoms with Crippen LogP contribution in [0.15, 0.2) is 4.99 Å². The second-order valence-corrected chi connectivity index (χ2v) is 5.75. The number of guanidine groups is 1. The lowest BCUT2D eigenvalue weighted by atomic mass is 9.95. The number of aliphatic imine (C=N–C) groups is 1. The minimum atomic E-state index is -0.758. The monoisotopic (exact) mass is 318 g/mol. The van der Waals surface area contributed by atoms with Crippen LogP contribution in [-0.4, -0.2) is 67.6 Å². The summed E-state index contributed by atoms with van der Waals surface area (Å²) in [4.78, 5) is 30.1. The molecular formula is C13H23ClN4O3. The van der Waals surface area contributed by atoms with Crippen molar-refractivity contribution in [1.82, 2.24) is 15.1 Å². The van der Waals surface area contributed by atoms with E-state index in [4.69, 9.17) is 11.6 Å². The van der Waals surface area contributed by atoms with Gasteiger partial charge in [-0.2, -0.15) is 0 Å². The van der Waals surface area contributed by atoms with Crippen LogP contribution in [0.1, 0.15) is 25.7 Å². The second kappa shape index (κ2) is 8.07. The van der Waals surface area contributed by atoms with Crippen LogP contribution in [0.25, 0.3) is 0 Å². The van der Waals surface area contributed by atoms with Crippen LogP contribution in [0.3, 0.4) is 0 Å². The summed E-state index contributed by atoms with van der Waals surface area (Å²) >= 11 is 6.23. The van der Waals surface area contributed by atoms with Gasteiger partial charge in [0.05, 0.1) is 12.5 Å².